The van der Waals surface area contributed by atoms with Crippen LogP contribution in [-0.4, -0.2) is 73.2 Å². The Kier molecular flexibility index (Phi) is 11.6. The molecule has 5 rings (SSSR count). The van der Waals surface area contributed by atoms with E-state index in [2.05, 4.69) is 35.1 Å². The van der Waals surface area contributed by atoms with E-state index in [4.69, 9.17) is 5.21 Å². The van der Waals surface area contributed by atoms with E-state index in [1.54, 1.807) is 17.7 Å². The summed E-state index contributed by atoms with van der Waals surface area (Å²) in [6.45, 7) is 10.5. The summed E-state index contributed by atoms with van der Waals surface area (Å²) in [5.41, 5.74) is 3.80. The third-order valence-corrected chi connectivity index (χ3v) is 7.94. The Hall–Kier alpha value is -3.94. The average molecular weight is 644 g/mol. The number of pyridine rings is 1. The number of benzene rings is 1. The Bertz CT molecular complexity index is 1590. The normalized spacial score (nSPS) is 13.7. The Morgan fingerprint density at radius 3 is 2.42 bits per heavy atom. The van der Waals surface area contributed by atoms with Crippen LogP contribution in [0, 0.1) is 18.6 Å². The van der Waals surface area contributed by atoms with E-state index < -0.39 is 11.6 Å². The molecule has 0 bridgehead atoms. The maximum atomic E-state index is 15.0. The van der Waals surface area contributed by atoms with E-state index in [1.807, 2.05) is 37.5 Å². The fourth-order valence-electron chi connectivity index (χ4n) is 5.71. The molecule has 45 heavy (non-hydrogen) atoms. The molecule has 1 saturated heterocycles. The van der Waals surface area contributed by atoms with Crippen LogP contribution in [0.1, 0.15) is 57.8 Å². The quantitative estimate of drug-likeness (QED) is 0.0998. The molecular formula is C31H40ClF2N9O2. The van der Waals surface area contributed by atoms with Crippen molar-refractivity contribution >= 4 is 46.8 Å². The molecule has 1 amide bonds. The molecular weight excluding hydrogens is 604 g/mol. The molecule has 4 heterocycles. The van der Waals surface area contributed by atoms with Gasteiger partial charge in [0.1, 0.15) is 22.9 Å². The average Bonchev–Trinajstić information content (AvgIpc) is 3.37. The summed E-state index contributed by atoms with van der Waals surface area (Å²) in [5, 5.41) is 11.6. The molecule has 1 aliphatic heterocycles. The summed E-state index contributed by atoms with van der Waals surface area (Å²) in [4.78, 5) is 33.1. The fraction of sp³-hybridized carbons (Fsp3) is 0.452. The summed E-state index contributed by atoms with van der Waals surface area (Å²) < 4.78 is 31.8. The zero-order valence-electron chi connectivity index (χ0n) is 25.8. The number of anilines is 3. The van der Waals surface area contributed by atoms with E-state index >= 15 is 4.39 Å². The molecule has 242 valence electrons. The Labute approximate surface area is 267 Å². The van der Waals surface area contributed by atoms with Crippen LogP contribution in [0.3, 0.4) is 0 Å². The van der Waals surface area contributed by atoms with E-state index in [-0.39, 0.29) is 41.5 Å². The van der Waals surface area contributed by atoms with Gasteiger partial charge in [0.25, 0.3) is 0 Å². The van der Waals surface area contributed by atoms with Crippen LogP contribution in [0.5, 0.6) is 0 Å². The zero-order valence-corrected chi connectivity index (χ0v) is 26.6. The Morgan fingerprint density at radius 2 is 1.73 bits per heavy atom. The topological polar surface area (TPSA) is 124 Å². The monoisotopic (exact) mass is 643 g/mol. The number of rotatable bonds is 12. The highest BCUT2D eigenvalue weighted by Crippen LogP contribution is 2.30. The van der Waals surface area contributed by atoms with Crippen molar-refractivity contribution < 1.29 is 18.8 Å². The van der Waals surface area contributed by atoms with Gasteiger partial charge in [-0.05, 0) is 64.4 Å². The highest BCUT2D eigenvalue weighted by Gasteiger charge is 2.20. The van der Waals surface area contributed by atoms with Crippen molar-refractivity contribution in [2.75, 3.05) is 42.9 Å². The predicted octanol–water partition coefficient (Wildman–Crippen LogP) is 5.80. The van der Waals surface area contributed by atoms with Crippen LogP contribution in [0.15, 0.2) is 36.7 Å². The van der Waals surface area contributed by atoms with Gasteiger partial charge in [-0.2, -0.15) is 0 Å². The van der Waals surface area contributed by atoms with E-state index in [1.165, 1.54) is 6.07 Å². The minimum Gasteiger partial charge on any atom is -0.368 e. The number of amides is 1. The first-order chi connectivity index (χ1) is 21.2. The summed E-state index contributed by atoms with van der Waals surface area (Å²) in [6, 6.07) is 6.83. The number of halogens is 3. The first kappa shape index (κ1) is 33.9. The van der Waals surface area contributed by atoms with Crippen molar-refractivity contribution in [1.82, 2.24) is 34.9 Å². The molecule has 1 aromatic carbocycles. The smallest absolute Gasteiger partial charge is 0.243 e. The third kappa shape index (κ3) is 8.21. The van der Waals surface area contributed by atoms with Crippen LogP contribution in [0.25, 0.3) is 22.3 Å². The molecule has 14 heteroatoms. The molecule has 0 atom stereocenters. The number of carbonyl (C=O) groups excluding carboxylic acids is 1. The van der Waals surface area contributed by atoms with E-state index in [0.717, 1.165) is 70.3 Å². The molecule has 0 radical (unpaired) electrons. The Morgan fingerprint density at radius 1 is 0.978 bits per heavy atom. The molecule has 3 aromatic heterocycles. The molecule has 4 aromatic rings. The van der Waals surface area contributed by atoms with Crippen LogP contribution < -0.4 is 15.7 Å². The van der Waals surface area contributed by atoms with Gasteiger partial charge in [-0.1, -0.05) is 12.8 Å². The van der Waals surface area contributed by atoms with Gasteiger partial charge >= 0.3 is 0 Å². The summed E-state index contributed by atoms with van der Waals surface area (Å²) >= 11 is 0. The van der Waals surface area contributed by atoms with Crippen molar-refractivity contribution in [3.05, 3.63) is 54.1 Å². The number of nitrogens with one attached hydrogen (secondary N) is 2. The lowest BCUT2D eigenvalue weighted by Gasteiger charge is -2.36. The number of aromatic nitrogens is 5. The number of aryl methyl sites for hydroxylation is 1. The fourth-order valence-corrected chi connectivity index (χ4v) is 5.71. The number of unbranched alkanes of at least 4 members (excludes halogenated alkanes) is 3. The summed E-state index contributed by atoms with van der Waals surface area (Å²) in [5.74, 6) is -0.171. The highest BCUT2D eigenvalue weighted by molar-refractivity contribution is 5.85. The molecule has 1 aliphatic rings. The van der Waals surface area contributed by atoms with Gasteiger partial charge in [0, 0.05) is 44.2 Å². The Balaban J connectivity index is 0.00000461. The minimum atomic E-state index is -0.656. The van der Waals surface area contributed by atoms with Crippen molar-refractivity contribution in [2.24, 2.45) is 0 Å². The number of nitrogens with zero attached hydrogens (tertiary/aromatic N) is 7. The molecule has 11 nitrogen and oxygen atoms in total. The second-order valence-corrected chi connectivity index (χ2v) is 11.4. The van der Waals surface area contributed by atoms with E-state index in [9.17, 15) is 9.18 Å². The molecule has 0 aliphatic carbocycles. The maximum Gasteiger partial charge on any atom is 0.243 e. The van der Waals surface area contributed by atoms with Crippen LogP contribution in [0.4, 0.5) is 26.2 Å². The van der Waals surface area contributed by atoms with Gasteiger partial charge in [0.2, 0.25) is 11.9 Å². The largest absolute Gasteiger partial charge is 0.368 e. The first-order valence-electron chi connectivity index (χ1n) is 15.1. The number of carbonyl (C=O) groups is 1. The lowest BCUT2D eigenvalue weighted by atomic mass is 10.1. The second kappa shape index (κ2) is 15.4. The van der Waals surface area contributed by atoms with Gasteiger partial charge in [0.15, 0.2) is 11.6 Å². The highest BCUT2D eigenvalue weighted by atomic mass is 35.5. The predicted molar refractivity (Wildman–Crippen MR) is 172 cm³/mol. The number of hydrogen-bond acceptors (Lipinski definition) is 9. The van der Waals surface area contributed by atoms with Crippen molar-refractivity contribution in [3.63, 3.8) is 0 Å². The van der Waals surface area contributed by atoms with Crippen molar-refractivity contribution in [1.29, 1.82) is 0 Å². The molecule has 1 fully saturated rings. The van der Waals surface area contributed by atoms with Crippen molar-refractivity contribution in [3.8, 4) is 11.3 Å². The van der Waals surface area contributed by atoms with Gasteiger partial charge in [0.05, 0.1) is 23.6 Å². The zero-order chi connectivity index (χ0) is 31.2. The number of hydrogen-bond donors (Lipinski definition) is 3. The minimum absolute atomic E-state index is 0. The number of imidazole rings is 1. The molecule has 0 unspecified atom stereocenters. The van der Waals surface area contributed by atoms with Crippen LogP contribution in [-0.2, 0) is 4.79 Å². The molecule has 0 spiro atoms. The van der Waals surface area contributed by atoms with Crippen LogP contribution >= 0.6 is 12.4 Å². The van der Waals surface area contributed by atoms with Gasteiger partial charge < -0.3 is 14.8 Å². The van der Waals surface area contributed by atoms with E-state index in [0.29, 0.717) is 29.1 Å². The van der Waals surface area contributed by atoms with Gasteiger partial charge in [-0.15, -0.1) is 12.4 Å². The maximum absolute atomic E-state index is 15.0. The standard InChI is InChI=1S/C31H39F2N9O2.ClH/c1-20(2)42-21(3)36-30-24(32)16-22(17-26(30)42)29-25(33)19-35-31(38-29)37-27-10-9-23(18-34-27)41-14-12-40(13-15-41)11-7-5-4-6-8-28(43)39-44;/h9-10,16-20,44H,4-8,11-15H2,1-3H3,(H,39,43)(H,34,35,37,38);1H. The van der Waals surface area contributed by atoms with Crippen LogP contribution in [0.2, 0.25) is 0 Å². The van der Waals surface area contributed by atoms with Gasteiger partial charge in [-0.25, -0.2) is 34.2 Å². The summed E-state index contributed by atoms with van der Waals surface area (Å²) in [7, 11) is 0. The van der Waals surface area contributed by atoms with Crippen molar-refractivity contribution in [2.45, 2.75) is 58.9 Å². The summed E-state index contributed by atoms with van der Waals surface area (Å²) in [6.07, 6.45) is 7.13. The number of hydroxylamine groups is 1. The number of piperazine rings is 1. The SMILES string of the molecule is Cc1nc2c(F)cc(-c3nc(Nc4ccc(N5CCN(CCCCCCC(=O)NO)CC5)cn4)ncc3F)cc2n1C(C)C.Cl. The molecule has 0 saturated carbocycles. The number of fused-ring (bicyclic) bond motifs is 1. The van der Waals surface area contributed by atoms with Gasteiger partial charge in [-0.3, -0.25) is 14.9 Å². The molecule has 3 N–H and O–H groups in total. The third-order valence-electron chi connectivity index (χ3n) is 7.94. The second-order valence-electron chi connectivity index (χ2n) is 11.4. The first-order valence-corrected chi connectivity index (χ1v) is 15.1. The lowest BCUT2D eigenvalue weighted by Crippen LogP contribution is -2.46. The lowest BCUT2D eigenvalue weighted by molar-refractivity contribution is -0.129.